The van der Waals surface area contributed by atoms with Crippen LogP contribution in [0.4, 0.5) is 0 Å². The fraction of sp³-hybridized carbons (Fsp3) is 0.700. The second kappa shape index (κ2) is 4.96. The van der Waals surface area contributed by atoms with Crippen LogP contribution in [0.5, 0.6) is 0 Å². The predicted octanol–water partition coefficient (Wildman–Crippen LogP) is 1.97. The Morgan fingerprint density at radius 3 is 2.67 bits per heavy atom. The van der Waals surface area contributed by atoms with E-state index in [9.17, 15) is 4.79 Å². The van der Waals surface area contributed by atoms with Crippen molar-refractivity contribution in [3.8, 4) is 0 Å². The number of hydrogen-bond acceptors (Lipinski definition) is 1. The Morgan fingerprint density at radius 2 is 2.08 bits per heavy atom. The van der Waals surface area contributed by atoms with Crippen molar-refractivity contribution in [3.05, 3.63) is 12.2 Å². The van der Waals surface area contributed by atoms with E-state index in [2.05, 4.69) is 0 Å². The predicted molar refractivity (Wildman–Crippen MR) is 49.9 cm³/mol. The minimum atomic E-state index is 0.325. The first-order valence-electron chi connectivity index (χ1n) is 4.73. The lowest BCUT2D eigenvalue weighted by Crippen LogP contribution is -2.26. The molecule has 1 aliphatic heterocycles. The molecule has 2 heteroatoms. The third kappa shape index (κ3) is 2.68. The molecule has 68 valence electrons. The monoisotopic (exact) mass is 167 g/mol. The molecule has 1 amide bonds. The highest BCUT2D eigenvalue weighted by Crippen LogP contribution is 2.09. The number of nitrogens with zero attached hydrogens (tertiary/aromatic N) is 1. The first-order valence-corrected chi connectivity index (χ1v) is 4.73. The number of carbonyl (C=O) groups excluding carboxylic acids is 1. The first-order chi connectivity index (χ1) is 5.84. The van der Waals surface area contributed by atoms with Gasteiger partial charge >= 0.3 is 0 Å². The summed E-state index contributed by atoms with van der Waals surface area (Å²) in [6.07, 6.45) is 8.01. The number of carbonyl (C=O) groups is 1. The summed E-state index contributed by atoms with van der Waals surface area (Å²) >= 11 is 0. The lowest BCUT2D eigenvalue weighted by Gasteiger charge is -2.13. The smallest absolute Gasteiger partial charge is 0.222 e. The zero-order valence-corrected chi connectivity index (χ0v) is 7.75. The van der Waals surface area contributed by atoms with E-state index in [1.807, 2.05) is 24.0 Å². The molecule has 1 heterocycles. The van der Waals surface area contributed by atoms with Crippen LogP contribution in [0.2, 0.25) is 0 Å². The van der Waals surface area contributed by atoms with Gasteiger partial charge in [0.15, 0.2) is 0 Å². The molecule has 0 atom stereocenters. The van der Waals surface area contributed by atoms with Gasteiger partial charge in [-0.1, -0.05) is 12.2 Å². The molecule has 0 aromatic carbocycles. The Kier molecular flexibility index (Phi) is 3.85. The van der Waals surface area contributed by atoms with Crippen LogP contribution < -0.4 is 0 Å². The van der Waals surface area contributed by atoms with Gasteiger partial charge in [0, 0.05) is 19.5 Å². The molecule has 0 aliphatic carbocycles. The summed E-state index contributed by atoms with van der Waals surface area (Å²) in [7, 11) is 0. The Hall–Kier alpha value is -0.790. The van der Waals surface area contributed by atoms with Crippen molar-refractivity contribution >= 4 is 5.91 Å². The molecule has 0 N–H and O–H groups in total. The van der Waals surface area contributed by atoms with Crippen LogP contribution in [0.1, 0.15) is 32.6 Å². The Bertz CT molecular complexity index is 169. The van der Waals surface area contributed by atoms with E-state index in [-0.39, 0.29) is 0 Å². The topological polar surface area (TPSA) is 20.3 Å². The third-order valence-electron chi connectivity index (χ3n) is 2.22. The second-order valence-corrected chi connectivity index (χ2v) is 3.20. The molecular weight excluding hydrogens is 150 g/mol. The van der Waals surface area contributed by atoms with Gasteiger partial charge in [0.05, 0.1) is 0 Å². The maximum atomic E-state index is 11.4. The largest absolute Gasteiger partial charge is 0.343 e. The molecule has 1 rings (SSSR count). The van der Waals surface area contributed by atoms with E-state index in [0.29, 0.717) is 12.3 Å². The van der Waals surface area contributed by atoms with Crippen molar-refractivity contribution in [2.24, 2.45) is 0 Å². The molecule has 1 fully saturated rings. The maximum Gasteiger partial charge on any atom is 0.222 e. The number of allylic oxidation sites excluding steroid dienone is 2. The van der Waals surface area contributed by atoms with Crippen LogP contribution >= 0.6 is 0 Å². The molecule has 1 aliphatic rings. The average molecular weight is 167 g/mol. The molecule has 0 aromatic rings. The van der Waals surface area contributed by atoms with Gasteiger partial charge in [-0.3, -0.25) is 4.79 Å². The van der Waals surface area contributed by atoms with Crippen molar-refractivity contribution in [2.45, 2.75) is 32.6 Å². The van der Waals surface area contributed by atoms with Crippen LogP contribution in [0.3, 0.4) is 0 Å². The van der Waals surface area contributed by atoms with Crippen LogP contribution in [0.25, 0.3) is 0 Å². The van der Waals surface area contributed by atoms with Gasteiger partial charge in [0.1, 0.15) is 0 Å². The molecule has 0 unspecified atom stereocenters. The fourth-order valence-corrected chi connectivity index (χ4v) is 1.50. The standard InChI is InChI=1S/C10H17NO/c1-2-3-4-7-10(12)11-8-5-6-9-11/h2-3H,4-9H2,1H3/b3-2+. The summed E-state index contributed by atoms with van der Waals surface area (Å²) in [5, 5.41) is 0. The molecule has 0 bridgehead atoms. The van der Waals surface area contributed by atoms with Gasteiger partial charge in [-0.05, 0) is 26.2 Å². The minimum absolute atomic E-state index is 0.325. The second-order valence-electron chi connectivity index (χ2n) is 3.20. The molecule has 12 heavy (non-hydrogen) atoms. The van der Waals surface area contributed by atoms with Crippen molar-refractivity contribution in [1.29, 1.82) is 0 Å². The van der Waals surface area contributed by atoms with E-state index >= 15 is 0 Å². The molecule has 0 saturated carbocycles. The van der Waals surface area contributed by atoms with Gasteiger partial charge in [0.25, 0.3) is 0 Å². The van der Waals surface area contributed by atoms with Crippen molar-refractivity contribution < 1.29 is 4.79 Å². The highest BCUT2D eigenvalue weighted by Gasteiger charge is 2.16. The molecular formula is C10H17NO. The van der Waals surface area contributed by atoms with E-state index in [4.69, 9.17) is 0 Å². The van der Waals surface area contributed by atoms with Gasteiger partial charge in [0.2, 0.25) is 5.91 Å². The summed E-state index contributed by atoms with van der Waals surface area (Å²) in [6, 6.07) is 0. The summed E-state index contributed by atoms with van der Waals surface area (Å²) in [6.45, 7) is 3.95. The normalized spacial score (nSPS) is 17.6. The van der Waals surface area contributed by atoms with E-state index in [1.165, 1.54) is 12.8 Å². The van der Waals surface area contributed by atoms with Gasteiger partial charge in [-0.15, -0.1) is 0 Å². The fourth-order valence-electron chi connectivity index (χ4n) is 1.50. The first kappa shape index (κ1) is 9.30. The van der Waals surface area contributed by atoms with Crippen LogP contribution in [0.15, 0.2) is 12.2 Å². The van der Waals surface area contributed by atoms with E-state index in [0.717, 1.165) is 19.5 Å². The number of hydrogen-bond donors (Lipinski definition) is 0. The quantitative estimate of drug-likeness (QED) is 0.588. The lowest BCUT2D eigenvalue weighted by atomic mass is 10.2. The Labute approximate surface area is 74.2 Å². The van der Waals surface area contributed by atoms with Crippen LogP contribution in [-0.2, 0) is 4.79 Å². The van der Waals surface area contributed by atoms with Crippen molar-refractivity contribution in [3.63, 3.8) is 0 Å². The molecule has 0 radical (unpaired) electrons. The Morgan fingerprint density at radius 1 is 1.42 bits per heavy atom. The number of rotatable bonds is 3. The molecule has 0 aromatic heterocycles. The lowest BCUT2D eigenvalue weighted by molar-refractivity contribution is -0.130. The molecule has 0 spiro atoms. The zero-order valence-electron chi connectivity index (χ0n) is 7.75. The summed E-state index contributed by atoms with van der Waals surface area (Å²) in [4.78, 5) is 13.4. The number of likely N-dealkylation sites (tertiary alicyclic amines) is 1. The Balaban J connectivity index is 2.18. The minimum Gasteiger partial charge on any atom is -0.343 e. The zero-order chi connectivity index (χ0) is 8.81. The van der Waals surface area contributed by atoms with E-state index in [1.54, 1.807) is 0 Å². The third-order valence-corrected chi connectivity index (χ3v) is 2.22. The van der Waals surface area contributed by atoms with Crippen molar-refractivity contribution in [2.75, 3.05) is 13.1 Å². The van der Waals surface area contributed by atoms with Crippen molar-refractivity contribution in [1.82, 2.24) is 4.90 Å². The van der Waals surface area contributed by atoms with Crippen LogP contribution in [-0.4, -0.2) is 23.9 Å². The summed E-state index contributed by atoms with van der Waals surface area (Å²) in [5.74, 6) is 0.325. The maximum absolute atomic E-state index is 11.4. The number of amides is 1. The van der Waals surface area contributed by atoms with E-state index < -0.39 is 0 Å². The molecule has 1 saturated heterocycles. The molecule has 2 nitrogen and oxygen atoms in total. The summed E-state index contributed by atoms with van der Waals surface area (Å²) in [5.41, 5.74) is 0. The average Bonchev–Trinajstić information content (AvgIpc) is 2.56. The highest BCUT2D eigenvalue weighted by atomic mass is 16.2. The highest BCUT2D eigenvalue weighted by molar-refractivity contribution is 5.76. The van der Waals surface area contributed by atoms with Crippen LogP contribution in [0, 0.1) is 0 Å². The SMILES string of the molecule is C/C=C/CCC(=O)N1CCCC1. The van der Waals surface area contributed by atoms with Gasteiger partial charge in [-0.25, -0.2) is 0 Å². The summed E-state index contributed by atoms with van der Waals surface area (Å²) < 4.78 is 0. The van der Waals surface area contributed by atoms with Gasteiger partial charge < -0.3 is 4.90 Å². The van der Waals surface area contributed by atoms with Gasteiger partial charge in [-0.2, -0.15) is 0 Å².